The quantitative estimate of drug-likeness (QED) is 0.112. The minimum Gasteiger partial charge on any atom is -1.00 e. The molecule has 0 bridgehead atoms. The number of halogens is 2. The summed E-state index contributed by atoms with van der Waals surface area (Å²) in [5.74, 6) is 0.250. The normalized spacial score (nSPS) is 13.2. The van der Waals surface area contributed by atoms with E-state index in [1.165, 1.54) is 82.0 Å². The first-order valence-electron chi connectivity index (χ1n) is 21.0. The molecule has 0 heterocycles. The van der Waals surface area contributed by atoms with E-state index >= 15 is 0 Å². The van der Waals surface area contributed by atoms with Crippen molar-refractivity contribution in [2.75, 3.05) is 0 Å². The van der Waals surface area contributed by atoms with Gasteiger partial charge in [0, 0.05) is 5.92 Å². The van der Waals surface area contributed by atoms with Gasteiger partial charge in [0.15, 0.2) is 0 Å². The van der Waals surface area contributed by atoms with Crippen molar-refractivity contribution in [2.24, 2.45) is 0 Å². The molecule has 0 fully saturated rings. The molecule has 1 aliphatic carbocycles. The van der Waals surface area contributed by atoms with Crippen LogP contribution in [-0.4, -0.2) is 9.52 Å². The third kappa shape index (κ3) is 10.4. The molecule has 0 nitrogen and oxygen atoms in total. The third-order valence-electron chi connectivity index (χ3n) is 11.7. The predicted molar refractivity (Wildman–Crippen MR) is 254 cm³/mol. The summed E-state index contributed by atoms with van der Waals surface area (Å²) in [7, 11) is 0.777. The Labute approximate surface area is 399 Å². The smallest absolute Gasteiger partial charge is 1.00 e. The van der Waals surface area contributed by atoms with Crippen LogP contribution in [0.15, 0.2) is 175 Å². The molecule has 3 radical (unpaired) electrons. The molecule has 0 N–H and O–H groups in total. The van der Waals surface area contributed by atoms with Gasteiger partial charge in [-0.25, -0.2) is 0 Å². The van der Waals surface area contributed by atoms with Gasteiger partial charge in [-0.3, -0.25) is 0 Å². The van der Waals surface area contributed by atoms with E-state index in [0.29, 0.717) is 0 Å². The van der Waals surface area contributed by atoms with E-state index in [2.05, 4.69) is 224 Å². The van der Waals surface area contributed by atoms with E-state index in [0.717, 1.165) is 22.4 Å². The van der Waals surface area contributed by atoms with Gasteiger partial charge >= 0.3 is 26.2 Å². The van der Waals surface area contributed by atoms with Crippen molar-refractivity contribution >= 4 is 47.5 Å². The predicted octanol–water partition coefficient (Wildman–Crippen LogP) is 8.32. The van der Waals surface area contributed by atoms with Crippen LogP contribution in [-0.2, 0) is 37.0 Å². The SMILES string of the molecule is CCCC1=Cc2c(-c3ccc(-c4ccccc4)cc3)cccc2C1c1c(C(C)(C)C)ccc2c1[cH-]c1cc(C(C)(C)C)ccc12.[Cl-].[Cl-].[Zr+3].c1ccc([Si]c2ccccc2)cc1. The van der Waals surface area contributed by atoms with Crippen LogP contribution in [0.25, 0.3) is 49.9 Å². The first-order chi connectivity index (χ1) is 28.0. The number of allylic oxidation sites excluding steroid dienone is 1. The molecule has 0 saturated carbocycles. The summed E-state index contributed by atoms with van der Waals surface area (Å²) in [6.45, 7) is 16.4. The van der Waals surface area contributed by atoms with Crippen molar-refractivity contribution in [3.8, 4) is 22.3 Å². The summed E-state index contributed by atoms with van der Waals surface area (Å²) in [6, 6.07) is 62.4. The molecule has 8 aromatic rings. The molecular weight excluding hydrogens is 875 g/mol. The minimum absolute atomic E-state index is 0. The minimum atomic E-state index is 0. The average Bonchev–Trinajstić information content (AvgIpc) is 3.79. The van der Waals surface area contributed by atoms with Crippen molar-refractivity contribution in [3.05, 3.63) is 203 Å². The maximum atomic E-state index is 2.54. The molecular formula is C57H55Cl2SiZr. The Hall–Kier alpha value is -4.17. The Bertz CT molecular complexity index is 2660. The Morgan fingerprint density at radius 3 is 1.69 bits per heavy atom. The van der Waals surface area contributed by atoms with Crippen LogP contribution in [0.4, 0.5) is 0 Å². The molecule has 1 atom stereocenters. The van der Waals surface area contributed by atoms with Crippen molar-refractivity contribution in [1.82, 2.24) is 0 Å². The number of benzene rings is 7. The van der Waals surface area contributed by atoms with Crippen LogP contribution in [0.5, 0.6) is 0 Å². The maximum absolute atomic E-state index is 2.54. The Kier molecular flexibility index (Phi) is 16.0. The summed E-state index contributed by atoms with van der Waals surface area (Å²) in [4.78, 5) is 0. The van der Waals surface area contributed by atoms with Crippen molar-refractivity contribution in [3.63, 3.8) is 0 Å². The zero-order chi connectivity index (χ0) is 40.4. The first-order valence-corrected chi connectivity index (χ1v) is 22.0. The zero-order valence-electron chi connectivity index (χ0n) is 36.5. The monoisotopic (exact) mass is 927 g/mol. The van der Waals surface area contributed by atoms with Crippen LogP contribution in [0.2, 0.25) is 0 Å². The van der Waals surface area contributed by atoms with Crippen LogP contribution < -0.4 is 35.2 Å². The topological polar surface area (TPSA) is 0 Å². The van der Waals surface area contributed by atoms with Gasteiger partial charge in [0.1, 0.15) is 9.52 Å². The first kappa shape index (κ1) is 47.9. The van der Waals surface area contributed by atoms with Gasteiger partial charge in [-0.05, 0) is 50.6 Å². The molecule has 1 unspecified atom stereocenters. The van der Waals surface area contributed by atoms with Crippen molar-refractivity contribution in [1.29, 1.82) is 0 Å². The van der Waals surface area contributed by atoms with E-state index in [4.69, 9.17) is 0 Å². The molecule has 9 rings (SSSR count). The van der Waals surface area contributed by atoms with Gasteiger partial charge in [0.2, 0.25) is 0 Å². The van der Waals surface area contributed by atoms with E-state index < -0.39 is 0 Å². The fraction of sp³-hybridized carbons (Fsp3) is 0.211. The maximum Gasteiger partial charge on any atom is 3.00 e. The largest absolute Gasteiger partial charge is 3.00 e. The Morgan fingerprint density at radius 2 is 1.11 bits per heavy atom. The van der Waals surface area contributed by atoms with Gasteiger partial charge < -0.3 is 24.8 Å². The van der Waals surface area contributed by atoms with Crippen LogP contribution in [0.1, 0.15) is 95.0 Å². The summed E-state index contributed by atoms with van der Waals surface area (Å²) in [5.41, 5.74) is 14.0. The standard InChI is InChI=1S/C45H45.C12H10Si.2ClH.Zr/c1-8-13-32-27-39-35(31-20-18-30(19-21-31)29-14-10-9-11-15-29)16-12-17-38(39)42(32)43-40-28-33-26-34(44(2,3)4)22-23-36(33)37(40)24-25-41(43)45(5,6)7;1-3-7-11(8-4-1)13-12-9-5-2-6-10-12;;;/h9-12,14-28,42H,8,13H2,1-7H3;1-10H;2*1H;/q-1;;;;+3/p-2. The third-order valence-corrected chi connectivity index (χ3v) is 13.0. The fourth-order valence-corrected chi connectivity index (χ4v) is 9.84. The van der Waals surface area contributed by atoms with E-state index in [-0.39, 0.29) is 67.8 Å². The Morgan fingerprint density at radius 1 is 0.557 bits per heavy atom. The molecule has 4 heteroatoms. The fourth-order valence-electron chi connectivity index (χ4n) is 8.79. The van der Waals surface area contributed by atoms with Gasteiger partial charge in [-0.2, -0.15) is 0 Å². The van der Waals surface area contributed by atoms with Crippen LogP contribution >= 0.6 is 0 Å². The molecule has 1 aliphatic rings. The molecule has 61 heavy (non-hydrogen) atoms. The van der Waals surface area contributed by atoms with Gasteiger partial charge in [-0.15, -0.1) is 33.7 Å². The molecule has 0 amide bonds. The molecule has 305 valence electrons. The number of hydrogen-bond donors (Lipinski definition) is 0. The van der Waals surface area contributed by atoms with Gasteiger partial charge in [0.05, 0.1) is 0 Å². The van der Waals surface area contributed by atoms with Crippen LogP contribution in [0, 0.1) is 0 Å². The molecule has 0 aliphatic heterocycles. The summed E-state index contributed by atoms with van der Waals surface area (Å²) < 4.78 is 0. The Balaban J connectivity index is 0.000000377. The zero-order valence-corrected chi connectivity index (χ0v) is 41.5. The summed E-state index contributed by atoms with van der Waals surface area (Å²) in [5, 5.41) is 8.32. The van der Waals surface area contributed by atoms with Crippen molar-refractivity contribution < 1.29 is 51.0 Å². The van der Waals surface area contributed by atoms with E-state index in [1.807, 2.05) is 0 Å². The van der Waals surface area contributed by atoms with E-state index in [1.54, 1.807) is 5.57 Å². The average molecular weight is 930 g/mol. The second kappa shape index (κ2) is 20.3. The molecule has 0 aromatic heterocycles. The summed E-state index contributed by atoms with van der Waals surface area (Å²) in [6.07, 6.45) is 4.77. The second-order valence-corrected chi connectivity index (χ2v) is 19.4. The molecule has 0 saturated heterocycles. The number of rotatable bonds is 7. The van der Waals surface area contributed by atoms with Crippen molar-refractivity contribution in [2.45, 2.75) is 78.1 Å². The number of hydrogen-bond acceptors (Lipinski definition) is 0. The van der Waals surface area contributed by atoms with Gasteiger partial charge in [0.25, 0.3) is 0 Å². The second-order valence-electron chi connectivity index (χ2n) is 17.9. The van der Waals surface area contributed by atoms with Crippen LogP contribution in [0.3, 0.4) is 0 Å². The molecule has 0 spiro atoms. The molecule has 8 aromatic carbocycles. The van der Waals surface area contributed by atoms with E-state index in [9.17, 15) is 0 Å². The number of fused-ring (bicyclic) bond motifs is 4. The summed E-state index contributed by atoms with van der Waals surface area (Å²) >= 11 is 0. The van der Waals surface area contributed by atoms with Gasteiger partial charge in [-0.1, -0.05) is 251 Å².